The first-order chi connectivity index (χ1) is 14.8. The summed E-state index contributed by atoms with van der Waals surface area (Å²) in [6, 6.07) is 7.00. The molecule has 4 aliphatic rings. The van der Waals surface area contributed by atoms with Crippen LogP contribution in [0.25, 0.3) is 5.57 Å². The number of para-hydroxylation sites is 1. The van der Waals surface area contributed by atoms with Crippen LogP contribution in [0, 0.1) is 0 Å². The van der Waals surface area contributed by atoms with Gasteiger partial charge in [-0.3, -0.25) is 0 Å². The molecule has 3 aliphatic carbocycles. The van der Waals surface area contributed by atoms with Crippen LogP contribution in [0.3, 0.4) is 0 Å². The van der Waals surface area contributed by atoms with E-state index in [1.54, 1.807) is 0 Å². The van der Waals surface area contributed by atoms with Crippen molar-refractivity contribution in [1.29, 1.82) is 0 Å². The third-order valence-corrected chi connectivity index (χ3v) is 6.95. The van der Waals surface area contributed by atoms with Crippen LogP contribution in [0.15, 0.2) is 84.3 Å². The lowest BCUT2D eigenvalue weighted by Crippen LogP contribution is -2.39. The first kappa shape index (κ1) is 19.2. The molecule has 2 heteroatoms. The Balaban J connectivity index is 1.72. The van der Waals surface area contributed by atoms with E-state index in [-0.39, 0.29) is 0 Å². The van der Waals surface area contributed by atoms with Crippen molar-refractivity contribution in [2.45, 2.75) is 57.5 Å². The van der Waals surface area contributed by atoms with Gasteiger partial charge in [0.2, 0.25) is 0 Å². The number of anilines is 1. The average Bonchev–Trinajstić information content (AvgIpc) is 3.11. The number of hydrogen-bond donors (Lipinski definition) is 0. The van der Waals surface area contributed by atoms with E-state index in [9.17, 15) is 0 Å². The van der Waals surface area contributed by atoms with Crippen LogP contribution in [-0.4, -0.2) is 18.1 Å². The van der Waals surface area contributed by atoms with Crippen LogP contribution >= 0.6 is 0 Å². The largest absolute Gasteiger partial charge is 0.353 e. The van der Waals surface area contributed by atoms with Gasteiger partial charge in [0.1, 0.15) is 6.17 Å². The summed E-state index contributed by atoms with van der Waals surface area (Å²) in [5.41, 5.74) is 8.73. The highest BCUT2D eigenvalue weighted by atomic mass is 15.4. The van der Waals surface area contributed by atoms with E-state index in [2.05, 4.69) is 96.7 Å². The van der Waals surface area contributed by atoms with Crippen molar-refractivity contribution in [3.63, 3.8) is 0 Å². The molecule has 0 spiro atoms. The Labute approximate surface area is 181 Å². The second kappa shape index (κ2) is 8.18. The fraction of sp³-hybridized carbons (Fsp3) is 0.357. The van der Waals surface area contributed by atoms with Crippen molar-refractivity contribution in [3.8, 4) is 0 Å². The summed E-state index contributed by atoms with van der Waals surface area (Å²) in [5.74, 6) is 0.441. The molecule has 0 saturated carbocycles. The van der Waals surface area contributed by atoms with E-state index < -0.39 is 0 Å². The lowest BCUT2D eigenvalue weighted by Gasteiger charge is -2.36. The van der Waals surface area contributed by atoms with Gasteiger partial charge >= 0.3 is 0 Å². The molecule has 2 unspecified atom stereocenters. The van der Waals surface area contributed by atoms with E-state index in [0.717, 1.165) is 38.5 Å². The summed E-state index contributed by atoms with van der Waals surface area (Å²) in [7, 11) is 2.27. The average molecular weight is 397 g/mol. The topological polar surface area (TPSA) is 6.48 Å². The first-order valence-corrected chi connectivity index (χ1v) is 11.5. The molecule has 0 fully saturated rings. The van der Waals surface area contributed by atoms with Gasteiger partial charge in [-0.15, -0.1) is 0 Å². The highest BCUT2D eigenvalue weighted by molar-refractivity contribution is 5.83. The van der Waals surface area contributed by atoms with Crippen molar-refractivity contribution in [1.82, 2.24) is 4.90 Å². The minimum atomic E-state index is 0.375. The molecule has 1 aromatic rings. The van der Waals surface area contributed by atoms with Crippen molar-refractivity contribution in [3.05, 3.63) is 95.4 Å². The van der Waals surface area contributed by atoms with Crippen LogP contribution in [0.4, 0.5) is 5.69 Å². The van der Waals surface area contributed by atoms with E-state index in [1.165, 1.54) is 33.8 Å². The molecule has 2 nitrogen and oxygen atoms in total. The molecule has 30 heavy (non-hydrogen) atoms. The fourth-order valence-corrected chi connectivity index (χ4v) is 5.49. The molecule has 1 heterocycles. The lowest BCUT2D eigenvalue weighted by molar-refractivity contribution is 0.333. The Kier molecular flexibility index (Phi) is 5.25. The van der Waals surface area contributed by atoms with Gasteiger partial charge in [-0.1, -0.05) is 73.7 Å². The minimum Gasteiger partial charge on any atom is -0.353 e. The molecule has 1 aromatic carbocycles. The predicted octanol–water partition coefficient (Wildman–Crippen LogP) is 7.07. The fourth-order valence-electron chi connectivity index (χ4n) is 5.49. The third-order valence-electron chi connectivity index (χ3n) is 6.95. The second-order valence-electron chi connectivity index (χ2n) is 8.70. The van der Waals surface area contributed by atoms with Crippen LogP contribution in [0.1, 0.15) is 62.5 Å². The number of hydrogen-bond acceptors (Lipinski definition) is 2. The highest BCUT2D eigenvalue weighted by Gasteiger charge is 2.38. The molecule has 154 valence electrons. The van der Waals surface area contributed by atoms with Gasteiger partial charge in [0, 0.05) is 24.2 Å². The number of likely N-dealkylation sites (N-methyl/N-ethyl adjacent to an activating group) is 1. The van der Waals surface area contributed by atoms with Gasteiger partial charge in [0.25, 0.3) is 0 Å². The molecule has 0 radical (unpaired) electrons. The van der Waals surface area contributed by atoms with Gasteiger partial charge < -0.3 is 9.80 Å². The van der Waals surface area contributed by atoms with E-state index in [1.807, 2.05) is 0 Å². The zero-order valence-electron chi connectivity index (χ0n) is 18.2. The normalized spacial score (nSPS) is 25.2. The molecule has 0 amide bonds. The Morgan fingerprint density at radius 2 is 1.90 bits per heavy atom. The highest BCUT2D eigenvalue weighted by Crippen LogP contribution is 2.47. The smallest absolute Gasteiger partial charge is 0.106 e. The van der Waals surface area contributed by atoms with E-state index >= 15 is 0 Å². The van der Waals surface area contributed by atoms with Crippen molar-refractivity contribution in [2.75, 3.05) is 11.9 Å². The van der Waals surface area contributed by atoms with Crippen LogP contribution in [0.5, 0.6) is 0 Å². The van der Waals surface area contributed by atoms with E-state index in [4.69, 9.17) is 0 Å². The van der Waals surface area contributed by atoms with Crippen LogP contribution < -0.4 is 4.90 Å². The summed E-state index contributed by atoms with van der Waals surface area (Å²) in [6.07, 6.45) is 27.7. The van der Waals surface area contributed by atoms with Crippen LogP contribution in [-0.2, 0) is 0 Å². The SMILES string of the molecule is CCC1N(C)C2=C(CCC=C2)N1c1c(C2=CC=CCC2)cccc1C1C=CC=CC1. The number of nitrogens with zero attached hydrogens (tertiary/aromatic N) is 2. The van der Waals surface area contributed by atoms with Crippen molar-refractivity contribution >= 4 is 11.3 Å². The molecule has 1 aliphatic heterocycles. The summed E-state index contributed by atoms with van der Waals surface area (Å²) in [6.45, 7) is 2.32. The van der Waals surface area contributed by atoms with Gasteiger partial charge in [0.15, 0.2) is 0 Å². The molecule has 0 saturated heterocycles. The first-order valence-electron chi connectivity index (χ1n) is 11.5. The van der Waals surface area contributed by atoms with Crippen molar-refractivity contribution in [2.24, 2.45) is 0 Å². The summed E-state index contributed by atoms with van der Waals surface area (Å²) in [4.78, 5) is 5.20. The molecular weight excluding hydrogens is 364 g/mol. The molecule has 2 atom stereocenters. The summed E-state index contributed by atoms with van der Waals surface area (Å²) in [5, 5.41) is 0. The van der Waals surface area contributed by atoms with Crippen molar-refractivity contribution < 1.29 is 0 Å². The standard InChI is InChI=1S/C28H32N2/c1-3-27-29(2)25-19-10-11-20-26(25)30(27)28-23(21-13-6-4-7-14-21)17-12-18-24(28)22-15-8-5-9-16-22/h4-8,10,12-13,15,17-19,21,27H,3,9,11,14,16,20H2,1-2H3. The molecule has 5 rings (SSSR count). The number of allylic oxidation sites excluding steroid dienone is 11. The van der Waals surface area contributed by atoms with E-state index in [0.29, 0.717) is 12.1 Å². The predicted molar refractivity (Wildman–Crippen MR) is 128 cm³/mol. The van der Waals surface area contributed by atoms with Gasteiger partial charge in [-0.05, 0) is 55.7 Å². The summed E-state index contributed by atoms with van der Waals surface area (Å²) < 4.78 is 0. The molecule has 0 bridgehead atoms. The molecule has 0 aromatic heterocycles. The van der Waals surface area contributed by atoms with Gasteiger partial charge in [-0.2, -0.15) is 0 Å². The Hall–Kier alpha value is -2.74. The monoisotopic (exact) mass is 396 g/mol. The molecular formula is C28H32N2. The number of benzene rings is 1. The lowest BCUT2D eigenvalue weighted by atomic mass is 9.85. The maximum absolute atomic E-state index is 2.70. The zero-order valence-corrected chi connectivity index (χ0v) is 18.2. The Morgan fingerprint density at radius 3 is 2.67 bits per heavy atom. The number of rotatable bonds is 4. The van der Waals surface area contributed by atoms with Gasteiger partial charge in [-0.25, -0.2) is 0 Å². The maximum atomic E-state index is 2.70. The van der Waals surface area contributed by atoms with Gasteiger partial charge in [0.05, 0.1) is 11.4 Å². The molecule has 0 N–H and O–H groups in total. The minimum absolute atomic E-state index is 0.375. The quantitative estimate of drug-likeness (QED) is 0.537. The van der Waals surface area contributed by atoms with Crippen LogP contribution in [0.2, 0.25) is 0 Å². The Morgan fingerprint density at radius 1 is 1.00 bits per heavy atom. The summed E-state index contributed by atoms with van der Waals surface area (Å²) >= 11 is 0. The second-order valence-corrected chi connectivity index (χ2v) is 8.70. The third kappa shape index (κ3) is 3.19. The maximum Gasteiger partial charge on any atom is 0.106 e. The Bertz CT molecular complexity index is 1000. The zero-order chi connectivity index (χ0) is 20.5.